The number of fused-ring (bicyclic) bond motifs is 3. The summed E-state index contributed by atoms with van der Waals surface area (Å²) < 4.78 is 0. The zero-order valence-corrected chi connectivity index (χ0v) is 29.7. The molecule has 0 unspecified atom stereocenters. The topological polar surface area (TPSA) is 3.24 Å². The van der Waals surface area contributed by atoms with Gasteiger partial charge in [-0.05, 0) is 91.2 Å². The quantitative estimate of drug-likeness (QED) is 0.184. The number of anilines is 3. The molecule has 0 aliphatic heterocycles. The summed E-state index contributed by atoms with van der Waals surface area (Å²) in [5, 5.41) is 0. The first-order valence-electron chi connectivity index (χ1n) is 17.3. The van der Waals surface area contributed by atoms with Crippen molar-refractivity contribution in [3.05, 3.63) is 162 Å². The fourth-order valence-corrected chi connectivity index (χ4v) is 7.50. The van der Waals surface area contributed by atoms with Crippen LogP contribution in [0.15, 0.2) is 140 Å². The van der Waals surface area contributed by atoms with Crippen LogP contribution in [0, 0.1) is 0 Å². The standard InChI is InChI=1S/C47H47N/c1-45(2,3)36-30-39-43-40(47(7,8)44(39)41(31-36)46(4,5)6)20-15-21-42(43)48(37-26-22-34(23-27-37)32-16-11-9-12-17-32)38-28-24-35(25-29-38)33-18-13-10-14-19-33/h9-31H,1-8H3. The molecule has 1 aliphatic rings. The molecule has 0 atom stereocenters. The van der Waals surface area contributed by atoms with Crippen molar-refractivity contribution in [3.63, 3.8) is 0 Å². The summed E-state index contributed by atoms with van der Waals surface area (Å²) in [4.78, 5) is 2.47. The highest BCUT2D eigenvalue weighted by molar-refractivity contribution is 5.96. The second-order valence-electron chi connectivity index (χ2n) is 15.9. The zero-order valence-electron chi connectivity index (χ0n) is 29.7. The van der Waals surface area contributed by atoms with Gasteiger partial charge in [-0.3, -0.25) is 0 Å². The van der Waals surface area contributed by atoms with E-state index < -0.39 is 0 Å². The molecule has 0 heterocycles. The van der Waals surface area contributed by atoms with Crippen LogP contribution in [-0.4, -0.2) is 0 Å². The van der Waals surface area contributed by atoms with Crippen LogP contribution in [0.2, 0.25) is 0 Å². The molecule has 6 aromatic rings. The van der Waals surface area contributed by atoms with E-state index in [0.29, 0.717) is 0 Å². The van der Waals surface area contributed by atoms with Crippen molar-refractivity contribution in [2.24, 2.45) is 0 Å². The smallest absolute Gasteiger partial charge is 0.0543 e. The van der Waals surface area contributed by atoms with E-state index in [1.54, 1.807) is 0 Å². The summed E-state index contributed by atoms with van der Waals surface area (Å²) in [5.41, 5.74) is 16.7. The maximum atomic E-state index is 2.50. The molecule has 1 nitrogen and oxygen atoms in total. The Balaban J connectivity index is 1.47. The van der Waals surface area contributed by atoms with Crippen molar-refractivity contribution in [3.8, 4) is 33.4 Å². The van der Waals surface area contributed by atoms with Gasteiger partial charge in [0.05, 0.1) is 5.69 Å². The molecule has 0 N–H and O–H groups in total. The van der Waals surface area contributed by atoms with Gasteiger partial charge in [-0.2, -0.15) is 0 Å². The minimum absolute atomic E-state index is 0.00501. The summed E-state index contributed by atoms with van der Waals surface area (Å²) >= 11 is 0. The van der Waals surface area contributed by atoms with Crippen LogP contribution in [0.25, 0.3) is 33.4 Å². The van der Waals surface area contributed by atoms with E-state index in [2.05, 4.69) is 200 Å². The SMILES string of the molecule is CC(C)(C)c1cc2c(c(C(C)(C)C)c1)C(C)(C)c1cccc(N(c3ccc(-c4ccccc4)cc3)c3ccc(-c4ccccc4)cc3)c1-2. The Hall–Kier alpha value is -4.88. The minimum Gasteiger partial charge on any atom is -0.310 e. The summed E-state index contributed by atoms with van der Waals surface area (Å²) in [6, 6.07) is 51.3. The molecule has 0 saturated carbocycles. The number of benzene rings is 6. The lowest BCUT2D eigenvalue weighted by molar-refractivity contribution is 0.545. The van der Waals surface area contributed by atoms with Crippen LogP contribution < -0.4 is 4.90 Å². The predicted molar refractivity (Wildman–Crippen MR) is 207 cm³/mol. The molecular weight excluding hydrogens is 579 g/mol. The minimum atomic E-state index is -0.139. The molecule has 7 rings (SSSR count). The normalized spacial score (nSPS) is 13.6. The van der Waals surface area contributed by atoms with E-state index in [9.17, 15) is 0 Å². The van der Waals surface area contributed by atoms with E-state index in [1.807, 2.05) is 0 Å². The van der Waals surface area contributed by atoms with Gasteiger partial charge in [0.15, 0.2) is 0 Å². The fourth-order valence-electron chi connectivity index (χ4n) is 7.50. The maximum Gasteiger partial charge on any atom is 0.0543 e. The molecule has 0 bridgehead atoms. The molecule has 0 radical (unpaired) electrons. The van der Waals surface area contributed by atoms with Gasteiger partial charge >= 0.3 is 0 Å². The molecule has 1 heteroatoms. The number of nitrogens with zero attached hydrogens (tertiary/aromatic N) is 1. The Kier molecular flexibility index (Phi) is 7.71. The third-order valence-corrected chi connectivity index (χ3v) is 10.1. The van der Waals surface area contributed by atoms with Crippen LogP contribution in [0.1, 0.15) is 77.6 Å². The number of hydrogen-bond acceptors (Lipinski definition) is 1. The summed E-state index contributed by atoms with van der Waals surface area (Å²) in [6.45, 7) is 18.9. The second-order valence-corrected chi connectivity index (χ2v) is 15.9. The van der Waals surface area contributed by atoms with Crippen LogP contribution in [0.4, 0.5) is 17.1 Å². The molecule has 240 valence electrons. The highest BCUT2D eigenvalue weighted by atomic mass is 15.1. The van der Waals surface area contributed by atoms with Crippen LogP contribution >= 0.6 is 0 Å². The Morgan fingerprint density at radius 1 is 0.479 bits per heavy atom. The Morgan fingerprint density at radius 3 is 1.42 bits per heavy atom. The average molecular weight is 626 g/mol. The van der Waals surface area contributed by atoms with Gasteiger partial charge in [0.2, 0.25) is 0 Å². The van der Waals surface area contributed by atoms with Crippen molar-refractivity contribution in [1.82, 2.24) is 0 Å². The third kappa shape index (κ3) is 5.56. The third-order valence-electron chi connectivity index (χ3n) is 10.1. The van der Waals surface area contributed by atoms with E-state index in [4.69, 9.17) is 0 Å². The van der Waals surface area contributed by atoms with E-state index in [0.717, 1.165) is 11.4 Å². The molecule has 0 aromatic heterocycles. The summed E-state index contributed by atoms with van der Waals surface area (Å²) in [6.07, 6.45) is 0. The molecule has 0 spiro atoms. The van der Waals surface area contributed by atoms with Gasteiger partial charge in [0.25, 0.3) is 0 Å². The molecule has 0 fully saturated rings. The predicted octanol–water partition coefficient (Wildman–Crippen LogP) is 13.4. The van der Waals surface area contributed by atoms with E-state index in [1.165, 1.54) is 61.3 Å². The lowest BCUT2D eigenvalue weighted by Gasteiger charge is -2.32. The van der Waals surface area contributed by atoms with Gasteiger partial charge in [-0.25, -0.2) is 0 Å². The molecule has 0 amide bonds. The Morgan fingerprint density at radius 2 is 0.958 bits per heavy atom. The van der Waals surface area contributed by atoms with Crippen LogP contribution in [-0.2, 0) is 16.2 Å². The highest BCUT2D eigenvalue weighted by Crippen LogP contribution is 2.57. The Bertz CT molecular complexity index is 1990. The van der Waals surface area contributed by atoms with Gasteiger partial charge < -0.3 is 4.90 Å². The van der Waals surface area contributed by atoms with Crippen LogP contribution in [0.5, 0.6) is 0 Å². The lowest BCUT2D eigenvalue weighted by Crippen LogP contribution is -2.24. The number of hydrogen-bond donors (Lipinski definition) is 0. The van der Waals surface area contributed by atoms with Gasteiger partial charge in [-0.1, -0.05) is 165 Å². The van der Waals surface area contributed by atoms with Crippen molar-refractivity contribution < 1.29 is 0 Å². The van der Waals surface area contributed by atoms with Crippen molar-refractivity contribution in [2.75, 3.05) is 4.90 Å². The average Bonchev–Trinajstić information content (AvgIpc) is 3.32. The maximum absolute atomic E-state index is 2.50. The lowest BCUT2D eigenvalue weighted by atomic mass is 9.71. The van der Waals surface area contributed by atoms with Crippen molar-refractivity contribution in [2.45, 2.75) is 71.6 Å². The fraction of sp³-hybridized carbons (Fsp3) is 0.234. The molecular formula is C47H47N. The summed E-state index contributed by atoms with van der Waals surface area (Å²) in [5.74, 6) is 0. The monoisotopic (exact) mass is 625 g/mol. The van der Waals surface area contributed by atoms with Gasteiger partial charge in [0.1, 0.15) is 0 Å². The van der Waals surface area contributed by atoms with Gasteiger partial charge in [-0.15, -0.1) is 0 Å². The van der Waals surface area contributed by atoms with Gasteiger partial charge in [0, 0.05) is 22.4 Å². The van der Waals surface area contributed by atoms with Crippen molar-refractivity contribution in [1.29, 1.82) is 0 Å². The van der Waals surface area contributed by atoms with Crippen LogP contribution in [0.3, 0.4) is 0 Å². The largest absolute Gasteiger partial charge is 0.310 e. The van der Waals surface area contributed by atoms with E-state index >= 15 is 0 Å². The molecule has 0 saturated heterocycles. The van der Waals surface area contributed by atoms with Crippen molar-refractivity contribution >= 4 is 17.1 Å². The number of rotatable bonds is 5. The highest BCUT2D eigenvalue weighted by Gasteiger charge is 2.42. The molecule has 6 aromatic carbocycles. The molecule has 48 heavy (non-hydrogen) atoms. The summed E-state index contributed by atoms with van der Waals surface area (Å²) in [7, 11) is 0. The zero-order chi connectivity index (χ0) is 33.8. The Labute approximate surface area is 287 Å². The second kappa shape index (κ2) is 11.7. The van der Waals surface area contributed by atoms with E-state index in [-0.39, 0.29) is 16.2 Å². The first kappa shape index (κ1) is 31.7. The molecule has 1 aliphatic carbocycles. The first-order valence-corrected chi connectivity index (χ1v) is 17.3. The first-order chi connectivity index (χ1) is 22.8.